The fourth-order valence-corrected chi connectivity index (χ4v) is 2.84. The van der Waals surface area contributed by atoms with Gasteiger partial charge < -0.3 is 19.8 Å². The highest BCUT2D eigenvalue weighted by molar-refractivity contribution is 6.32. The molecule has 2 aromatic carbocycles. The molecule has 0 radical (unpaired) electrons. The summed E-state index contributed by atoms with van der Waals surface area (Å²) >= 11 is 5.97. The van der Waals surface area contributed by atoms with E-state index in [0.29, 0.717) is 24.4 Å². The van der Waals surface area contributed by atoms with E-state index in [0.717, 1.165) is 29.7 Å². The molecule has 3 aromatic rings. The third kappa shape index (κ3) is 4.33. The number of unbranched alkanes of at least 4 members (excludes halogenated alkanes) is 1. The topological polar surface area (TPSA) is 82.7 Å². The van der Waals surface area contributed by atoms with Crippen molar-refractivity contribution < 1.29 is 14.9 Å². The Balaban J connectivity index is 1.78. The molecule has 1 heterocycles. The van der Waals surface area contributed by atoms with Crippen LogP contribution in [-0.4, -0.2) is 33.6 Å². The van der Waals surface area contributed by atoms with E-state index in [4.69, 9.17) is 22.9 Å². The minimum atomic E-state index is -0.183. The normalized spacial score (nSPS) is 10.5. The average molecular weight is 384 g/mol. The number of nitrogens with zero attached hydrogens (tertiary/aromatic N) is 2. The highest BCUT2D eigenvalue weighted by atomic mass is 35.5. The molecule has 0 saturated carbocycles. The highest BCUT2D eigenvalue weighted by Crippen LogP contribution is 2.40. The van der Waals surface area contributed by atoms with Crippen molar-refractivity contribution in [3.05, 3.63) is 59.0 Å². The molecule has 0 spiro atoms. The lowest BCUT2D eigenvalue weighted by molar-refractivity contribution is 0.309. The van der Waals surface area contributed by atoms with Gasteiger partial charge >= 0.3 is 0 Å². The lowest BCUT2D eigenvalue weighted by Gasteiger charge is -2.09. The Morgan fingerprint density at radius 3 is 2.59 bits per heavy atom. The number of aromatic hydroxyl groups is 2. The summed E-state index contributed by atoms with van der Waals surface area (Å²) < 4.78 is 5.68. The van der Waals surface area contributed by atoms with Crippen molar-refractivity contribution in [2.24, 2.45) is 0 Å². The number of phenols is 2. The maximum atomic E-state index is 10.2. The first-order valence-electron chi connectivity index (χ1n) is 8.42. The van der Waals surface area contributed by atoms with Crippen LogP contribution < -0.4 is 4.74 Å². The number of H-pyrrole nitrogens is 1. The molecule has 0 saturated heterocycles. The molecule has 27 heavy (non-hydrogen) atoms. The summed E-state index contributed by atoms with van der Waals surface area (Å²) in [6.45, 7) is 7.85. The number of benzene rings is 2. The summed E-state index contributed by atoms with van der Waals surface area (Å²) in [6.07, 6.45) is 3.34. The van der Waals surface area contributed by atoms with E-state index in [2.05, 4.69) is 15.0 Å². The fourth-order valence-electron chi connectivity index (χ4n) is 2.68. The fraction of sp³-hybridized carbons (Fsp3) is 0.200. The summed E-state index contributed by atoms with van der Waals surface area (Å²) in [5.74, 6) is 0.473. The van der Waals surface area contributed by atoms with E-state index in [-0.39, 0.29) is 16.5 Å². The standard InChI is InChI=1S/C20H18ClN3O3/c1-22-8-2-3-9-27-14-6-4-13(5-7-14)16-12-23-24-20(16)15-10-17(21)19(26)11-18(15)25/h4-7,10-12,25-26H,2-3,8-9H2,(H,23,24). The van der Waals surface area contributed by atoms with Crippen molar-refractivity contribution in [3.8, 4) is 39.6 Å². The van der Waals surface area contributed by atoms with Crippen LogP contribution in [0.25, 0.3) is 27.2 Å². The Bertz CT molecular complexity index is 962. The Morgan fingerprint density at radius 2 is 1.85 bits per heavy atom. The number of halogens is 1. The van der Waals surface area contributed by atoms with Gasteiger partial charge in [-0.25, -0.2) is 6.57 Å². The zero-order chi connectivity index (χ0) is 19.2. The number of ether oxygens (including phenoxy) is 1. The first-order chi connectivity index (χ1) is 13.1. The van der Waals surface area contributed by atoms with Crippen molar-refractivity contribution >= 4 is 11.6 Å². The average Bonchev–Trinajstić information content (AvgIpc) is 3.14. The molecule has 0 unspecified atom stereocenters. The molecule has 0 aliphatic rings. The lowest BCUT2D eigenvalue weighted by Crippen LogP contribution is -1.97. The van der Waals surface area contributed by atoms with Crippen LogP contribution in [0.4, 0.5) is 0 Å². The highest BCUT2D eigenvalue weighted by Gasteiger charge is 2.16. The van der Waals surface area contributed by atoms with Crippen molar-refractivity contribution in [2.75, 3.05) is 13.2 Å². The quantitative estimate of drug-likeness (QED) is 0.401. The second kappa shape index (κ2) is 8.47. The van der Waals surface area contributed by atoms with E-state index in [9.17, 15) is 10.2 Å². The maximum absolute atomic E-state index is 10.2. The van der Waals surface area contributed by atoms with Crippen molar-refractivity contribution in [1.82, 2.24) is 10.2 Å². The van der Waals surface area contributed by atoms with Gasteiger partial charge in [0.25, 0.3) is 0 Å². The molecule has 0 aliphatic heterocycles. The van der Waals surface area contributed by atoms with Crippen molar-refractivity contribution in [1.29, 1.82) is 0 Å². The van der Waals surface area contributed by atoms with Gasteiger partial charge in [-0.2, -0.15) is 5.10 Å². The second-order valence-electron chi connectivity index (χ2n) is 5.94. The van der Waals surface area contributed by atoms with Gasteiger partial charge in [0.15, 0.2) is 0 Å². The molecule has 0 atom stereocenters. The molecule has 1 aromatic heterocycles. The Hall–Kier alpha value is -3.17. The van der Waals surface area contributed by atoms with E-state index in [1.54, 1.807) is 6.20 Å². The van der Waals surface area contributed by atoms with Crippen LogP contribution in [0.15, 0.2) is 42.6 Å². The summed E-state index contributed by atoms with van der Waals surface area (Å²) in [5.41, 5.74) is 2.73. The van der Waals surface area contributed by atoms with Gasteiger partial charge in [0.05, 0.1) is 23.5 Å². The first-order valence-corrected chi connectivity index (χ1v) is 8.79. The molecule has 0 fully saturated rings. The zero-order valence-electron chi connectivity index (χ0n) is 14.4. The molecular formula is C20H18ClN3O3. The molecular weight excluding hydrogens is 366 g/mol. The largest absolute Gasteiger partial charge is 0.507 e. The smallest absolute Gasteiger partial charge is 0.214 e. The number of phenolic OH excluding ortho intramolecular Hbond substituents is 2. The summed E-state index contributed by atoms with van der Waals surface area (Å²) in [4.78, 5) is 3.32. The number of hydrogen-bond acceptors (Lipinski definition) is 4. The maximum Gasteiger partial charge on any atom is 0.214 e. The number of aromatic nitrogens is 2. The molecule has 0 amide bonds. The van der Waals surface area contributed by atoms with Crippen molar-refractivity contribution in [3.63, 3.8) is 0 Å². The van der Waals surface area contributed by atoms with Gasteiger partial charge in [-0.05, 0) is 30.2 Å². The second-order valence-corrected chi connectivity index (χ2v) is 6.35. The molecule has 0 bridgehead atoms. The predicted octanol–water partition coefficient (Wildman–Crippen LogP) is 4.89. The SMILES string of the molecule is [C-]#[N+]CCCCOc1ccc(-c2cn[nH]c2-c2cc(Cl)c(O)cc2O)cc1. The molecule has 3 rings (SSSR count). The van der Waals surface area contributed by atoms with Crippen LogP contribution >= 0.6 is 11.6 Å². The number of rotatable bonds is 7. The predicted molar refractivity (Wildman–Crippen MR) is 104 cm³/mol. The van der Waals surface area contributed by atoms with Crippen LogP contribution in [0.1, 0.15) is 12.8 Å². The summed E-state index contributed by atoms with van der Waals surface area (Å²) in [7, 11) is 0. The van der Waals surface area contributed by atoms with Crippen LogP contribution in [0.3, 0.4) is 0 Å². The van der Waals surface area contributed by atoms with E-state index in [1.165, 1.54) is 12.1 Å². The van der Waals surface area contributed by atoms with Crippen molar-refractivity contribution in [2.45, 2.75) is 12.8 Å². The minimum absolute atomic E-state index is 0.0956. The van der Waals surface area contributed by atoms with Gasteiger partial charge in [0.1, 0.15) is 17.2 Å². The number of aromatic amines is 1. The van der Waals surface area contributed by atoms with Gasteiger partial charge in [0, 0.05) is 23.6 Å². The molecule has 3 N–H and O–H groups in total. The third-order valence-electron chi connectivity index (χ3n) is 4.07. The third-order valence-corrected chi connectivity index (χ3v) is 4.37. The monoisotopic (exact) mass is 383 g/mol. The summed E-state index contributed by atoms with van der Waals surface area (Å²) in [5, 5.41) is 26.9. The number of nitrogens with one attached hydrogen (secondary N) is 1. The van der Waals surface area contributed by atoms with Crippen LogP contribution in [-0.2, 0) is 0 Å². The van der Waals surface area contributed by atoms with Gasteiger partial charge in [-0.1, -0.05) is 23.7 Å². The molecule has 7 heteroatoms. The Morgan fingerprint density at radius 1 is 1.07 bits per heavy atom. The minimum Gasteiger partial charge on any atom is -0.507 e. The Kier molecular flexibility index (Phi) is 5.84. The van der Waals surface area contributed by atoms with Gasteiger partial charge in [-0.3, -0.25) is 5.10 Å². The molecule has 0 aliphatic carbocycles. The van der Waals surface area contributed by atoms with Crippen LogP contribution in [0.5, 0.6) is 17.2 Å². The zero-order valence-corrected chi connectivity index (χ0v) is 15.2. The van der Waals surface area contributed by atoms with E-state index >= 15 is 0 Å². The Labute approximate surface area is 161 Å². The van der Waals surface area contributed by atoms with Gasteiger partial charge in [-0.15, -0.1) is 0 Å². The summed E-state index contributed by atoms with van der Waals surface area (Å²) in [6, 6.07) is 10.2. The van der Waals surface area contributed by atoms with Crippen LogP contribution in [0.2, 0.25) is 5.02 Å². The van der Waals surface area contributed by atoms with Gasteiger partial charge in [0.2, 0.25) is 6.54 Å². The lowest BCUT2D eigenvalue weighted by atomic mass is 10.0. The first kappa shape index (κ1) is 18.6. The van der Waals surface area contributed by atoms with E-state index < -0.39 is 0 Å². The van der Waals surface area contributed by atoms with Crippen LogP contribution in [0, 0.1) is 6.57 Å². The van der Waals surface area contributed by atoms with E-state index in [1.807, 2.05) is 24.3 Å². The molecule has 138 valence electrons. The number of hydrogen-bond donors (Lipinski definition) is 3. The molecule has 6 nitrogen and oxygen atoms in total.